The Kier molecular flexibility index (Phi) is 4.94. The fourth-order valence-electron chi connectivity index (χ4n) is 3.16. The SMILES string of the molecule is Cc1cc(C#N)ccc1S(=O)(=O)N1CCN(c2ccccc2C#N)CC1. The van der Waals surface area contributed by atoms with Crippen molar-refractivity contribution in [1.29, 1.82) is 10.5 Å². The molecule has 1 aliphatic rings. The lowest BCUT2D eigenvalue weighted by Gasteiger charge is -2.36. The van der Waals surface area contributed by atoms with Crippen LogP contribution in [0.25, 0.3) is 0 Å². The monoisotopic (exact) mass is 366 g/mol. The molecule has 26 heavy (non-hydrogen) atoms. The minimum atomic E-state index is -3.61. The average Bonchev–Trinajstić information content (AvgIpc) is 2.67. The van der Waals surface area contributed by atoms with Crippen LogP contribution in [0, 0.1) is 29.6 Å². The van der Waals surface area contributed by atoms with Crippen LogP contribution >= 0.6 is 0 Å². The molecule has 0 unspecified atom stereocenters. The van der Waals surface area contributed by atoms with Crippen molar-refractivity contribution in [1.82, 2.24) is 4.31 Å². The molecule has 6 nitrogen and oxygen atoms in total. The topological polar surface area (TPSA) is 88.2 Å². The zero-order chi connectivity index (χ0) is 18.7. The van der Waals surface area contributed by atoms with Crippen molar-refractivity contribution < 1.29 is 8.42 Å². The van der Waals surface area contributed by atoms with Crippen molar-refractivity contribution in [3.05, 3.63) is 59.2 Å². The summed E-state index contributed by atoms with van der Waals surface area (Å²) in [4.78, 5) is 2.28. The van der Waals surface area contributed by atoms with Gasteiger partial charge in [-0.15, -0.1) is 0 Å². The number of nitrogens with zero attached hydrogens (tertiary/aromatic N) is 4. The molecule has 132 valence electrons. The first-order valence-electron chi connectivity index (χ1n) is 8.22. The van der Waals surface area contributed by atoms with E-state index in [1.54, 1.807) is 19.1 Å². The van der Waals surface area contributed by atoms with Gasteiger partial charge in [-0.2, -0.15) is 14.8 Å². The highest BCUT2D eigenvalue weighted by atomic mass is 32.2. The highest BCUT2D eigenvalue weighted by Crippen LogP contribution is 2.25. The molecule has 0 aromatic heterocycles. The van der Waals surface area contributed by atoms with Crippen LogP contribution in [0.1, 0.15) is 16.7 Å². The molecule has 3 rings (SSSR count). The molecule has 0 amide bonds. The van der Waals surface area contributed by atoms with E-state index < -0.39 is 10.0 Å². The maximum atomic E-state index is 12.9. The summed E-state index contributed by atoms with van der Waals surface area (Å²) in [7, 11) is -3.61. The zero-order valence-electron chi connectivity index (χ0n) is 14.4. The van der Waals surface area contributed by atoms with Crippen molar-refractivity contribution in [3.63, 3.8) is 0 Å². The number of para-hydroxylation sites is 1. The summed E-state index contributed by atoms with van der Waals surface area (Å²) in [5.41, 5.74) is 2.44. The van der Waals surface area contributed by atoms with E-state index in [-0.39, 0.29) is 4.90 Å². The van der Waals surface area contributed by atoms with E-state index in [9.17, 15) is 13.7 Å². The molecular weight excluding hydrogens is 348 g/mol. The molecule has 0 saturated carbocycles. The second kappa shape index (κ2) is 7.17. The van der Waals surface area contributed by atoms with Gasteiger partial charge in [0.05, 0.1) is 27.8 Å². The fraction of sp³-hybridized carbons (Fsp3) is 0.263. The maximum Gasteiger partial charge on any atom is 0.243 e. The smallest absolute Gasteiger partial charge is 0.243 e. The summed E-state index contributed by atoms with van der Waals surface area (Å²) in [6, 6.07) is 16.2. The Bertz CT molecular complexity index is 1010. The van der Waals surface area contributed by atoms with Gasteiger partial charge in [0.1, 0.15) is 6.07 Å². The average molecular weight is 366 g/mol. The Hall–Kier alpha value is -2.87. The second-order valence-corrected chi connectivity index (χ2v) is 8.02. The molecule has 1 saturated heterocycles. The second-order valence-electron chi connectivity index (χ2n) is 6.11. The fourth-order valence-corrected chi connectivity index (χ4v) is 4.79. The van der Waals surface area contributed by atoms with Crippen LogP contribution in [-0.4, -0.2) is 38.9 Å². The molecule has 7 heteroatoms. The van der Waals surface area contributed by atoms with Crippen molar-refractivity contribution in [2.24, 2.45) is 0 Å². The van der Waals surface area contributed by atoms with Crippen LogP contribution < -0.4 is 4.90 Å². The van der Waals surface area contributed by atoms with Crippen LogP contribution in [0.15, 0.2) is 47.4 Å². The lowest BCUT2D eigenvalue weighted by molar-refractivity contribution is 0.384. The minimum absolute atomic E-state index is 0.238. The Balaban J connectivity index is 1.79. The van der Waals surface area contributed by atoms with Gasteiger partial charge in [0, 0.05) is 26.2 Å². The van der Waals surface area contributed by atoms with Gasteiger partial charge in [0.15, 0.2) is 0 Å². The van der Waals surface area contributed by atoms with Crippen LogP contribution in [0.3, 0.4) is 0 Å². The molecule has 0 aliphatic carbocycles. The van der Waals surface area contributed by atoms with Crippen molar-refractivity contribution >= 4 is 15.7 Å². The van der Waals surface area contributed by atoms with Gasteiger partial charge in [-0.3, -0.25) is 0 Å². The van der Waals surface area contributed by atoms with Crippen molar-refractivity contribution in [3.8, 4) is 12.1 Å². The predicted octanol–water partition coefficient (Wildman–Crippen LogP) is 2.25. The molecule has 1 heterocycles. The lowest BCUT2D eigenvalue weighted by Crippen LogP contribution is -2.49. The Morgan fingerprint density at radius 1 is 0.962 bits per heavy atom. The Morgan fingerprint density at radius 2 is 1.65 bits per heavy atom. The molecule has 0 radical (unpaired) electrons. The van der Waals surface area contributed by atoms with Gasteiger partial charge in [-0.1, -0.05) is 12.1 Å². The summed E-state index contributed by atoms with van der Waals surface area (Å²) in [5.74, 6) is 0. The van der Waals surface area contributed by atoms with E-state index in [0.717, 1.165) is 5.69 Å². The lowest BCUT2D eigenvalue weighted by atomic mass is 10.1. The first-order valence-corrected chi connectivity index (χ1v) is 9.66. The Morgan fingerprint density at radius 3 is 2.27 bits per heavy atom. The van der Waals surface area contributed by atoms with Crippen molar-refractivity contribution in [2.75, 3.05) is 31.1 Å². The van der Waals surface area contributed by atoms with Gasteiger partial charge < -0.3 is 4.90 Å². The molecule has 0 atom stereocenters. The number of anilines is 1. The number of sulfonamides is 1. The number of hydrogen-bond acceptors (Lipinski definition) is 5. The van der Waals surface area contributed by atoms with E-state index in [2.05, 4.69) is 6.07 Å². The molecule has 0 N–H and O–H groups in total. The van der Waals surface area contributed by atoms with Gasteiger partial charge in [0.2, 0.25) is 10.0 Å². The van der Waals surface area contributed by atoms with Crippen LogP contribution in [0.2, 0.25) is 0 Å². The number of nitriles is 2. The standard InChI is InChI=1S/C19H18N4O2S/c1-15-12-16(13-20)6-7-19(15)26(24,25)23-10-8-22(9-11-23)18-5-3-2-4-17(18)14-21/h2-7,12H,8-11H2,1H3. The third-order valence-corrected chi connectivity index (χ3v) is 6.58. The van der Waals surface area contributed by atoms with Crippen LogP contribution in [-0.2, 0) is 10.0 Å². The van der Waals surface area contributed by atoms with Gasteiger partial charge in [-0.05, 0) is 42.8 Å². The van der Waals surface area contributed by atoms with Gasteiger partial charge in [-0.25, -0.2) is 8.42 Å². The summed E-state index contributed by atoms with van der Waals surface area (Å²) in [5, 5.41) is 18.2. The summed E-state index contributed by atoms with van der Waals surface area (Å²) < 4.78 is 27.4. The summed E-state index contributed by atoms with van der Waals surface area (Å²) in [6.07, 6.45) is 0. The summed E-state index contributed by atoms with van der Waals surface area (Å²) in [6.45, 7) is 3.44. The quantitative estimate of drug-likeness (QED) is 0.831. The minimum Gasteiger partial charge on any atom is -0.368 e. The molecular formula is C19H18N4O2S. The van der Waals surface area contributed by atoms with E-state index in [1.807, 2.05) is 29.2 Å². The summed E-state index contributed by atoms with van der Waals surface area (Å²) >= 11 is 0. The third-order valence-electron chi connectivity index (χ3n) is 4.53. The van der Waals surface area contributed by atoms with Crippen LogP contribution in [0.4, 0.5) is 5.69 Å². The molecule has 1 aliphatic heterocycles. The first-order chi connectivity index (χ1) is 12.5. The van der Waals surface area contributed by atoms with Crippen molar-refractivity contribution in [2.45, 2.75) is 11.8 Å². The van der Waals surface area contributed by atoms with Gasteiger partial charge >= 0.3 is 0 Å². The number of piperazine rings is 1. The van der Waals surface area contributed by atoms with E-state index in [4.69, 9.17) is 5.26 Å². The molecule has 0 bridgehead atoms. The maximum absolute atomic E-state index is 12.9. The highest BCUT2D eigenvalue weighted by molar-refractivity contribution is 7.89. The number of benzene rings is 2. The predicted molar refractivity (Wildman–Crippen MR) is 98.0 cm³/mol. The number of hydrogen-bond donors (Lipinski definition) is 0. The normalized spacial score (nSPS) is 15.3. The first kappa shape index (κ1) is 17.9. The van der Waals surface area contributed by atoms with E-state index >= 15 is 0 Å². The molecule has 1 fully saturated rings. The number of aryl methyl sites for hydroxylation is 1. The van der Waals surface area contributed by atoms with E-state index in [1.165, 1.54) is 16.4 Å². The molecule has 0 spiro atoms. The number of rotatable bonds is 3. The van der Waals surface area contributed by atoms with Crippen LogP contribution in [0.5, 0.6) is 0 Å². The van der Waals surface area contributed by atoms with Gasteiger partial charge in [0.25, 0.3) is 0 Å². The Labute approximate surface area is 153 Å². The third kappa shape index (κ3) is 3.28. The highest BCUT2D eigenvalue weighted by Gasteiger charge is 2.30. The largest absolute Gasteiger partial charge is 0.368 e. The van der Waals surface area contributed by atoms with E-state index in [0.29, 0.717) is 42.9 Å². The zero-order valence-corrected chi connectivity index (χ0v) is 15.2. The molecule has 2 aromatic rings. The molecule has 2 aromatic carbocycles.